The van der Waals surface area contributed by atoms with E-state index in [9.17, 15) is 4.79 Å². The van der Waals surface area contributed by atoms with Gasteiger partial charge in [0.1, 0.15) is 0 Å². The summed E-state index contributed by atoms with van der Waals surface area (Å²) in [5.41, 5.74) is 1.99. The Kier molecular flexibility index (Phi) is 3.83. The predicted molar refractivity (Wildman–Crippen MR) is 58.6 cm³/mol. The van der Waals surface area contributed by atoms with E-state index in [0.717, 1.165) is 11.1 Å². The van der Waals surface area contributed by atoms with Gasteiger partial charge in [0, 0.05) is 12.4 Å². The van der Waals surface area contributed by atoms with Crippen molar-refractivity contribution in [1.82, 2.24) is 4.98 Å². The molecule has 0 radical (unpaired) electrons. The maximum absolute atomic E-state index is 11.6. The molecule has 0 spiro atoms. The first kappa shape index (κ1) is 11.7. The average molecular weight is 207 g/mol. The molecule has 1 aromatic rings. The molecule has 0 N–H and O–H groups in total. The summed E-state index contributed by atoms with van der Waals surface area (Å²) in [7, 11) is 1.42. The van der Waals surface area contributed by atoms with Gasteiger partial charge in [0.2, 0.25) is 0 Å². The van der Waals surface area contributed by atoms with Crippen LogP contribution in [0.4, 0.5) is 0 Å². The normalized spacial score (nSPS) is 12.6. The van der Waals surface area contributed by atoms with Crippen LogP contribution in [0, 0.1) is 12.8 Å². The number of aryl methyl sites for hydroxylation is 1. The summed E-state index contributed by atoms with van der Waals surface area (Å²) in [6.45, 7) is 5.97. The number of hydrogen-bond acceptors (Lipinski definition) is 3. The van der Waals surface area contributed by atoms with Crippen molar-refractivity contribution < 1.29 is 9.53 Å². The van der Waals surface area contributed by atoms with E-state index in [-0.39, 0.29) is 17.8 Å². The Morgan fingerprint density at radius 2 is 2.07 bits per heavy atom. The number of carbonyl (C=O) groups excluding carboxylic acids is 1. The van der Waals surface area contributed by atoms with Gasteiger partial charge in [0.05, 0.1) is 13.0 Å². The van der Waals surface area contributed by atoms with Crippen molar-refractivity contribution in [2.24, 2.45) is 5.92 Å². The second kappa shape index (κ2) is 4.91. The number of esters is 1. The lowest BCUT2D eigenvalue weighted by atomic mass is 9.89. The Balaban J connectivity index is 3.04. The topological polar surface area (TPSA) is 39.2 Å². The lowest BCUT2D eigenvalue weighted by Gasteiger charge is -2.18. The van der Waals surface area contributed by atoms with Gasteiger partial charge in [-0.3, -0.25) is 9.78 Å². The number of ether oxygens (including phenoxy) is 1. The number of aromatic nitrogens is 1. The zero-order chi connectivity index (χ0) is 11.4. The third-order valence-electron chi connectivity index (χ3n) is 2.38. The maximum atomic E-state index is 11.6. The Bertz CT molecular complexity index is 347. The van der Waals surface area contributed by atoms with E-state index < -0.39 is 0 Å². The summed E-state index contributed by atoms with van der Waals surface area (Å²) in [6, 6.07) is 1.98. The molecule has 82 valence electrons. The molecule has 0 fully saturated rings. The lowest BCUT2D eigenvalue weighted by Crippen LogP contribution is -2.19. The minimum Gasteiger partial charge on any atom is -0.469 e. The van der Waals surface area contributed by atoms with Crippen LogP contribution in [-0.2, 0) is 9.53 Å². The first-order valence-electron chi connectivity index (χ1n) is 5.05. The molecule has 0 aliphatic rings. The van der Waals surface area contributed by atoms with Crippen LogP contribution in [0.25, 0.3) is 0 Å². The molecule has 0 aromatic carbocycles. The van der Waals surface area contributed by atoms with Gasteiger partial charge < -0.3 is 4.74 Å². The largest absolute Gasteiger partial charge is 0.469 e. The standard InChI is InChI=1S/C12H17NO2/c1-8(2)11(12(14)15-4)10-5-9(3)6-13-7-10/h5-8,11H,1-4H3. The highest BCUT2D eigenvalue weighted by Crippen LogP contribution is 2.25. The van der Waals surface area contributed by atoms with E-state index in [1.54, 1.807) is 12.4 Å². The third kappa shape index (κ3) is 2.78. The highest BCUT2D eigenvalue weighted by atomic mass is 16.5. The van der Waals surface area contributed by atoms with Gasteiger partial charge in [-0.25, -0.2) is 0 Å². The number of nitrogens with zero attached hydrogens (tertiary/aromatic N) is 1. The van der Waals surface area contributed by atoms with Gasteiger partial charge in [-0.05, 0) is 24.0 Å². The van der Waals surface area contributed by atoms with Crippen molar-refractivity contribution in [3.05, 3.63) is 29.6 Å². The molecule has 1 atom stereocenters. The minimum absolute atomic E-state index is 0.197. The minimum atomic E-state index is -0.220. The summed E-state index contributed by atoms with van der Waals surface area (Å²) in [4.78, 5) is 15.7. The van der Waals surface area contributed by atoms with E-state index in [2.05, 4.69) is 4.98 Å². The van der Waals surface area contributed by atoms with Crippen molar-refractivity contribution in [3.8, 4) is 0 Å². The van der Waals surface area contributed by atoms with Crippen molar-refractivity contribution in [2.45, 2.75) is 26.7 Å². The molecule has 0 saturated carbocycles. The zero-order valence-corrected chi connectivity index (χ0v) is 9.65. The summed E-state index contributed by atoms with van der Waals surface area (Å²) in [5, 5.41) is 0. The highest BCUT2D eigenvalue weighted by molar-refractivity contribution is 5.78. The molecule has 15 heavy (non-hydrogen) atoms. The molecular weight excluding hydrogens is 190 g/mol. The van der Waals surface area contributed by atoms with E-state index >= 15 is 0 Å². The molecule has 0 aliphatic carbocycles. The first-order valence-corrected chi connectivity index (χ1v) is 5.05. The zero-order valence-electron chi connectivity index (χ0n) is 9.65. The quantitative estimate of drug-likeness (QED) is 0.714. The Hall–Kier alpha value is -1.38. The van der Waals surface area contributed by atoms with Crippen LogP contribution < -0.4 is 0 Å². The summed E-state index contributed by atoms with van der Waals surface area (Å²) >= 11 is 0. The van der Waals surface area contributed by atoms with Gasteiger partial charge in [-0.15, -0.1) is 0 Å². The summed E-state index contributed by atoms with van der Waals surface area (Å²) in [5.74, 6) is -0.208. The average Bonchev–Trinajstić information content (AvgIpc) is 2.17. The van der Waals surface area contributed by atoms with Crippen LogP contribution in [0.2, 0.25) is 0 Å². The molecule has 3 nitrogen and oxygen atoms in total. The first-order chi connectivity index (χ1) is 7.06. The van der Waals surface area contributed by atoms with Crippen molar-refractivity contribution in [1.29, 1.82) is 0 Å². The lowest BCUT2D eigenvalue weighted by molar-refractivity contribution is -0.143. The van der Waals surface area contributed by atoms with E-state index in [1.807, 2.05) is 26.8 Å². The summed E-state index contributed by atoms with van der Waals surface area (Å²) in [6.07, 6.45) is 3.51. The number of carbonyl (C=O) groups is 1. The molecule has 1 rings (SSSR count). The summed E-state index contributed by atoms with van der Waals surface area (Å²) < 4.78 is 4.80. The molecule has 1 aromatic heterocycles. The Morgan fingerprint density at radius 3 is 2.53 bits per heavy atom. The number of pyridine rings is 1. The van der Waals surface area contributed by atoms with Gasteiger partial charge >= 0.3 is 5.97 Å². The van der Waals surface area contributed by atoms with Crippen molar-refractivity contribution in [2.75, 3.05) is 7.11 Å². The van der Waals surface area contributed by atoms with Crippen LogP contribution in [0.15, 0.2) is 18.5 Å². The highest BCUT2D eigenvalue weighted by Gasteiger charge is 2.25. The van der Waals surface area contributed by atoms with Crippen LogP contribution in [-0.4, -0.2) is 18.1 Å². The van der Waals surface area contributed by atoms with Crippen LogP contribution in [0.1, 0.15) is 30.9 Å². The van der Waals surface area contributed by atoms with Crippen molar-refractivity contribution >= 4 is 5.97 Å². The molecule has 3 heteroatoms. The van der Waals surface area contributed by atoms with Gasteiger partial charge in [0.15, 0.2) is 0 Å². The second-order valence-corrected chi connectivity index (χ2v) is 4.04. The van der Waals surface area contributed by atoms with Gasteiger partial charge in [-0.2, -0.15) is 0 Å². The fraction of sp³-hybridized carbons (Fsp3) is 0.500. The number of hydrogen-bond donors (Lipinski definition) is 0. The van der Waals surface area contributed by atoms with Gasteiger partial charge in [0.25, 0.3) is 0 Å². The van der Waals surface area contributed by atoms with Crippen LogP contribution in [0.3, 0.4) is 0 Å². The fourth-order valence-corrected chi connectivity index (χ4v) is 1.67. The second-order valence-electron chi connectivity index (χ2n) is 4.04. The number of rotatable bonds is 3. The monoisotopic (exact) mass is 207 g/mol. The molecule has 1 unspecified atom stereocenters. The molecule has 1 heterocycles. The van der Waals surface area contributed by atoms with E-state index in [1.165, 1.54) is 7.11 Å². The van der Waals surface area contributed by atoms with E-state index in [0.29, 0.717) is 0 Å². The van der Waals surface area contributed by atoms with E-state index in [4.69, 9.17) is 4.74 Å². The number of methoxy groups -OCH3 is 1. The molecular formula is C12H17NO2. The fourth-order valence-electron chi connectivity index (χ4n) is 1.67. The molecule has 0 amide bonds. The van der Waals surface area contributed by atoms with Crippen LogP contribution >= 0.6 is 0 Å². The Morgan fingerprint density at radius 1 is 1.40 bits per heavy atom. The SMILES string of the molecule is COC(=O)C(c1cncc(C)c1)C(C)C. The van der Waals surface area contributed by atoms with Crippen LogP contribution in [0.5, 0.6) is 0 Å². The Labute approximate surface area is 90.5 Å². The maximum Gasteiger partial charge on any atom is 0.313 e. The van der Waals surface area contributed by atoms with Crippen molar-refractivity contribution in [3.63, 3.8) is 0 Å². The molecule has 0 saturated heterocycles. The third-order valence-corrected chi connectivity index (χ3v) is 2.38. The van der Waals surface area contributed by atoms with Gasteiger partial charge in [-0.1, -0.05) is 19.9 Å². The smallest absolute Gasteiger partial charge is 0.313 e. The predicted octanol–water partition coefficient (Wildman–Crippen LogP) is 2.30. The molecule has 0 aliphatic heterocycles. The molecule has 0 bridgehead atoms.